The minimum absolute atomic E-state index is 0.0609. The number of ether oxygens (including phenoxy) is 2. The van der Waals surface area contributed by atoms with Crippen LogP contribution in [0.15, 0.2) is 60.3 Å². The summed E-state index contributed by atoms with van der Waals surface area (Å²) in [5.74, 6) is -1.30. The van der Waals surface area contributed by atoms with Gasteiger partial charge in [-0.25, -0.2) is 9.69 Å². The molecular weight excluding hydrogens is 460 g/mol. The third-order valence-corrected chi connectivity index (χ3v) is 5.43. The lowest BCUT2D eigenvalue weighted by Gasteiger charge is -2.15. The summed E-state index contributed by atoms with van der Waals surface area (Å²) in [5, 5.41) is 13.7. The number of hydrogen-bond donors (Lipinski definition) is 2. The Bertz CT molecular complexity index is 1310. The van der Waals surface area contributed by atoms with Crippen LogP contribution in [0.4, 0.5) is 4.79 Å². The predicted molar refractivity (Wildman–Crippen MR) is 127 cm³/mol. The van der Waals surface area contributed by atoms with Gasteiger partial charge in [-0.2, -0.15) is 0 Å². The van der Waals surface area contributed by atoms with E-state index in [1.807, 2.05) is 49.4 Å². The molecule has 0 radical (unpaired) electrons. The summed E-state index contributed by atoms with van der Waals surface area (Å²) in [5.41, 5.74) is 1.40. The highest BCUT2D eigenvalue weighted by Gasteiger charge is 2.35. The van der Waals surface area contributed by atoms with E-state index in [2.05, 4.69) is 5.32 Å². The number of urea groups is 1. The van der Waals surface area contributed by atoms with Crippen molar-refractivity contribution in [2.75, 3.05) is 13.2 Å². The number of hydrogen-bond acceptors (Lipinski definition) is 5. The molecule has 174 valence electrons. The van der Waals surface area contributed by atoms with Gasteiger partial charge < -0.3 is 19.9 Å². The van der Waals surface area contributed by atoms with E-state index < -0.39 is 24.5 Å². The van der Waals surface area contributed by atoms with Crippen molar-refractivity contribution >= 4 is 46.4 Å². The van der Waals surface area contributed by atoms with E-state index in [9.17, 15) is 14.4 Å². The Labute approximate surface area is 200 Å². The minimum atomic E-state index is -1.29. The van der Waals surface area contributed by atoms with Gasteiger partial charge in [0.2, 0.25) is 0 Å². The molecule has 0 aromatic heterocycles. The van der Waals surface area contributed by atoms with E-state index in [0.717, 1.165) is 16.3 Å². The molecule has 0 saturated carbocycles. The van der Waals surface area contributed by atoms with Crippen LogP contribution < -0.4 is 14.8 Å². The van der Waals surface area contributed by atoms with Crippen LogP contribution in [-0.4, -0.2) is 41.1 Å². The maximum atomic E-state index is 12.4. The third-order valence-electron chi connectivity index (χ3n) is 5.15. The summed E-state index contributed by atoms with van der Waals surface area (Å²) < 4.78 is 11.8. The number of nitrogens with one attached hydrogen (secondary N) is 1. The molecular formula is C25H21ClN2O6. The smallest absolute Gasteiger partial charge is 0.329 e. The Hall–Kier alpha value is -4.04. The fourth-order valence-corrected chi connectivity index (χ4v) is 3.93. The Morgan fingerprint density at radius 3 is 2.65 bits per heavy atom. The highest BCUT2D eigenvalue weighted by atomic mass is 35.5. The van der Waals surface area contributed by atoms with Gasteiger partial charge in [0.1, 0.15) is 18.8 Å². The van der Waals surface area contributed by atoms with Gasteiger partial charge in [0.05, 0.1) is 11.6 Å². The molecule has 0 atom stereocenters. The van der Waals surface area contributed by atoms with Crippen LogP contribution in [-0.2, 0) is 16.2 Å². The molecule has 3 aromatic rings. The zero-order chi connectivity index (χ0) is 24.2. The topological polar surface area (TPSA) is 105 Å². The number of halogens is 1. The van der Waals surface area contributed by atoms with Crippen molar-refractivity contribution < 1.29 is 29.0 Å². The van der Waals surface area contributed by atoms with Gasteiger partial charge in [-0.15, -0.1) is 0 Å². The summed E-state index contributed by atoms with van der Waals surface area (Å²) in [6.07, 6.45) is 1.41. The molecule has 1 aliphatic heterocycles. The number of nitrogens with zero attached hydrogens (tertiary/aromatic N) is 1. The number of carbonyl (C=O) groups excluding carboxylic acids is 2. The molecule has 0 aliphatic carbocycles. The van der Waals surface area contributed by atoms with Crippen LogP contribution >= 0.6 is 11.6 Å². The zero-order valence-corrected chi connectivity index (χ0v) is 19.0. The third kappa shape index (κ3) is 4.82. The lowest BCUT2D eigenvalue weighted by atomic mass is 10.1. The number of carboxylic acids is 1. The number of carbonyl (C=O) groups is 3. The number of rotatable bonds is 8. The maximum absolute atomic E-state index is 12.4. The monoisotopic (exact) mass is 480 g/mol. The van der Waals surface area contributed by atoms with Gasteiger partial charge in [0, 0.05) is 0 Å². The summed E-state index contributed by atoms with van der Waals surface area (Å²) in [6.45, 7) is 1.70. The van der Waals surface area contributed by atoms with E-state index in [4.69, 9.17) is 26.2 Å². The predicted octanol–water partition coefficient (Wildman–Crippen LogP) is 4.45. The average Bonchev–Trinajstić information content (AvgIpc) is 3.05. The van der Waals surface area contributed by atoms with Crippen molar-refractivity contribution in [1.29, 1.82) is 0 Å². The summed E-state index contributed by atoms with van der Waals surface area (Å²) >= 11 is 6.51. The molecule has 0 bridgehead atoms. The Morgan fingerprint density at radius 2 is 1.88 bits per heavy atom. The number of benzene rings is 3. The van der Waals surface area contributed by atoms with E-state index in [1.54, 1.807) is 12.1 Å². The van der Waals surface area contributed by atoms with Crippen LogP contribution in [0.5, 0.6) is 11.5 Å². The van der Waals surface area contributed by atoms with Crippen molar-refractivity contribution in [2.45, 2.75) is 13.5 Å². The minimum Gasteiger partial charge on any atom is -0.490 e. The lowest BCUT2D eigenvalue weighted by Crippen LogP contribution is -2.35. The van der Waals surface area contributed by atoms with Crippen LogP contribution in [0.2, 0.25) is 5.02 Å². The van der Waals surface area contributed by atoms with Crippen molar-refractivity contribution in [3.63, 3.8) is 0 Å². The SMILES string of the molecule is CCOc1cc(/C=C2/NC(=O)N(CC(=O)O)C2=O)cc(Cl)c1OCc1cccc2ccccc12. The maximum Gasteiger partial charge on any atom is 0.329 e. The molecule has 9 heteroatoms. The second kappa shape index (κ2) is 9.84. The Morgan fingerprint density at radius 1 is 1.12 bits per heavy atom. The number of fused-ring (bicyclic) bond motifs is 1. The van der Waals surface area contributed by atoms with E-state index >= 15 is 0 Å². The molecule has 34 heavy (non-hydrogen) atoms. The molecule has 1 fully saturated rings. The zero-order valence-electron chi connectivity index (χ0n) is 18.2. The number of imide groups is 1. The molecule has 0 spiro atoms. The lowest BCUT2D eigenvalue weighted by molar-refractivity contribution is -0.140. The first-order valence-corrected chi connectivity index (χ1v) is 10.9. The average molecular weight is 481 g/mol. The summed E-state index contributed by atoms with van der Waals surface area (Å²) in [4.78, 5) is 35.9. The van der Waals surface area contributed by atoms with Gasteiger partial charge in [-0.1, -0.05) is 54.1 Å². The highest BCUT2D eigenvalue weighted by molar-refractivity contribution is 6.32. The number of amides is 3. The second-order valence-electron chi connectivity index (χ2n) is 7.46. The number of carboxylic acid groups (broad SMARTS) is 1. The molecule has 3 aromatic carbocycles. The number of aliphatic carboxylic acids is 1. The quantitative estimate of drug-likeness (QED) is 0.364. The van der Waals surface area contributed by atoms with Crippen molar-refractivity contribution in [3.8, 4) is 11.5 Å². The van der Waals surface area contributed by atoms with Crippen molar-refractivity contribution in [1.82, 2.24) is 10.2 Å². The van der Waals surface area contributed by atoms with Crippen LogP contribution in [0, 0.1) is 0 Å². The van der Waals surface area contributed by atoms with Crippen molar-refractivity contribution in [3.05, 3.63) is 76.4 Å². The first-order chi connectivity index (χ1) is 16.4. The first kappa shape index (κ1) is 23.1. The highest BCUT2D eigenvalue weighted by Crippen LogP contribution is 2.38. The Kier molecular flexibility index (Phi) is 6.70. The first-order valence-electron chi connectivity index (χ1n) is 10.5. The second-order valence-corrected chi connectivity index (χ2v) is 7.87. The van der Waals surface area contributed by atoms with Gasteiger partial charge in [0.15, 0.2) is 11.5 Å². The van der Waals surface area contributed by atoms with Crippen LogP contribution in [0.25, 0.3) is 16.8 Å². The normalized spacial score (nSPS) is 14.5. The molecule has 1 saturated heterocycles. The molecule has 2 N–H and O–H groups in total. The van der Waals surface area contributed by atoms with Gasteiger partial charge in [0.25, 0.3) is 5.91 Å². The van der Waals surface area contributed by atoms with E-state index in [-0.39, 0.29) is 17.3 Å². The van der Waals surface area contributed by atoms with E-state index in [0.29, 0.717) is 28.6 Å². The molecule has 1 aliphatic rings. The molecule has 3 amide bonds. The standard InChI is InChI=1S/C25H21ClN2O6/c1-2-33-21-12-15(11-20-24(31)28(13-22(29)30)25(32)27-20)10-19(26)23(21)34-14-17-8-5-7-16-6-3-4-9-18(16)17/h3-12H,2,13-14H2,1H3,(H,27,32)(H,29,30)/b20-11+. The fourth-order valence-electron chi connectivity index (χ4n) is 3.66. The Balaban J connectivity index is 1.61. The molecule has 4 rings (SSSR count). The van der Waals surface area contributed by atoms with Crippen LogP contribution in [0.3, 0.4) is 0 Å². The van der Waals surface area contributed by atoms with Gasteiger partial charge >= 0.3 is 12.0 Å². The summed E-state index contributed by atoms with van der Waals surface area (Å²) in [6, 6.07) is 16.4. The van der Waals surface area contributed by atoms with Gasteiger partial charge in [-0.3, -0.25) is 9.59 Å². The molecule has 8 nitrogen and oxygen atoms in total. The van der Waals surface area contributed by atoms with E-state index in [1.165, 1.54) is 6.08 Å². The fraction of sp³-hybridized carbons (Fsp3) is 0.160. The summed E-state index contributed by atoms with van der Waals surface area (Å²) in [7, 11) is 0. The van der Waals surface area contributed by atoms with Crippen molar-refractivity contribution in [2.24, 2.45) is 0 Å². The molecule has 0 unspecified atom stereocenters. The largest absolute Gasteiger partial charge is 0.490 e. The molecule has 1 heterocycles. The van der Waals surface area contributed by atoms with Crippen LogP contribution in [0.1, 0.15) is 18.1 Å². The van der Waals surface area contributed by atoms with Gasteiger partial charge in [-0.05, 0) is 47.0 Å².